The van der Waals surface area contributed by atoms with Crippen LogP contribution in [0.1, 0.15) is 25.7 Å². The minimum Gasteiger partial charge on any atom is -0.352 e. The molecule has 2 aliphatic rings. The van der Waals surface area contributed by atoms with Gasteiger partial charge in [0.25, 0.3) is 0 Å². The Kier molecular flexibility index (Phi) is 7.04. The van der Waals surface area contributed by atoms with Gasteiger partial charge in [-0.15, -0.1) is 0 Å². The first-order valence-electron chi connectivity index (χ1n) is 9.48. The van der Waals surface area contributed by atoms with Crippen molar-refractivity contribution in [3.63, 3.8) is 0 Å². The van der Waals surface area contributed by atoms with E-state index in [9.17, 15) is 14.0 Å². The number of rotatable bonds is 6. The van der Waals surface area contributed by atoms with Gasteiger partial charge in [-0.2, -0.15) is 0 Å². The smallest absolute Gasteiger partial charge is 0.238 e. The standard InChI is InChI=1S/C19H26ClFN4O2/c20-14-9-15(21)11-17(10-14)23-19(27)13-25-7-5-24(6-8-25)12-18(26)22-16-3-1-2-4-16/h9-11,16H,1-8,12-13H2,(H,22,26)(H,23,27). The number of halogens is 2. The van der Waals surface area contributed by atoms with Crippen molar-refractivity contribution in [1.29, 1.82) is 0 Å². The van der Waals surface area contributed by atoms with Crippen LogP contribution in [0.5, 0.6) is 0 Å². The molecular formula is C19H26ClFN4O2. The molecule has 0 aromatic heterocycles. The molecule has 1 aliphatic heterocycles. The van der Waals surface area contributed by atoms with Crippen molar-refractivity contribution in [3.8, 4) is 0 Å². The summed E-state index contributed by atoms with van der Waals surface area (Å²) in [4.78, 5) is 28.4. The van der Waals surface area contributed by atoms with E-state index in [1.807, 2.05) is 4.90 Å². The Balaban J connectivity index is 1.37. The van der Waals surface area contributed by atoms with Crippen LogP contribution >= 0.6 is 11.6 Å². The minimum atomic E-state index is -0.484. The van der Waals surface area contributed by atoms with E-state index in [4.69, 9.17) is 11.6 Å². The molecule has 2 amide bonds. The van der Waals surface area contributed by atoms with Gasteiger partial charge in [0.05, 0.1) is 13.1 Å². The third-order valence-electron chi connectivity index (χ3n) is 5.07. The van der Waals surface area contributed by atoms with Crippen molar-refractivity contribution in [2.75, 3.05) is 44.6 Å². The van der Waals surface area contributed by atoms with Crippen LogP contribution in [0.2, 0.25) is 5.02 Å². The number of carbonyl (C=O) groups excluding carboxylic acids is 2. The first kappa shape index (κ1) is 20.0. The number of piperazine rings is 1. The summed E-state index contributed by atoms with van der Waals surface area (Å²) in [6, 6.07) is 4.30. The third-order valence-corrected chi connectivity index (χ3v) is 5.28. The van der Waals surface area contributed by atoms with Crippen LogP contribution in [-0.4, -0.2) is 66.9 Å². The second-order valence-electron chi connectivity index (χ2n) is 7.31. The van der Waals surface area contributed by atoms with Crippen molar-refractivity contribution in [1.82, 2.24) is 15.1 Å². The highest BCUT2D eigenvalue weighted by atomic mass is 35.5. The lowest BCUT2D eigenvalue weighted by Gasteiger charge is -2.34. The molecule has 1 aliphatic carbocycles. The van der Waals surface area contributed by atoms with Gasteiger partial charge in [0.2, 0.25) is 11.8 Å². The summed E-state index contributed by atoms with van der Waals surface area (Å²) in [5.74, 6) is -0.595. The molecule has 2 fully saturated rings. The first-order valence-corrected chi connectivity index (χ1v) is 9.86. The molecule has 27 heavy (non-hydrogen) atoms. The predicted octanol–water partition coefficient (Wildman–Crippen LogP) is 2.09. The maximum atomic E-state index is 13.3. The van der Waals surface area contributed by atoms with Crippen LogP contribution < -0.4 is 10.6 Å². The van der Waals surface area contributed by atoms with E-state index in [-0.39, 0.29) is 23.4 Å². The zero-order chi connectivity index (χ0) is 19.2. The lowest BCUT2D eigenvalue weighted by molar-refractivity contribution is -0.124. The molecule has 8 heteroatoms. The van der Waals surface area contributed by atoms with Crippen LogP contribution in [-0.2, 0) is 9.59 Å². The number of nitrogens with one attached hydrogen (secondary N) is 2. The van der Waals surface area contributed by atoms with E-state index < -0.39 is 5.82 Å². The van der Waals surface area contributed by atoms with E-state index >= 15 is 0 Å². The van der Waals surface area contributed by atoms with Gasteiger partial charge in [-0.3, -0.25) is 19.4 Å². The van der Waals surface area contributed by atoms with E-state index in [1.54, 1.807) is 0 Å². The van der Waals surface area contributed by atoms with E-state index in [1.165, 1.54) is 31.0 Å². The molecule has 6 nitrogen and oxygen atoms in total. The van der Waals surface area contributed by atoms with Crippen molar-refractivity contribution >= 4 is 29.1 Å². The first-order chi connectivity index (χ1) is 13.0. The molecule has 3 rings (SSSR count). The number of amides is 2. The SMILES string of the molecule is O=C(CN1CCN(CC(=O)NC2CCCC2)CC1)Nc1cc(F)cc(Cl)c1. The molecule has 1 aromatic rings. The van der Waals surface area contributed by atoms with Crippen LogP contribution in [0.15, 0.2) is 18.2 Å². The fourth-order valence-corrected chi connectivity index (χ4v) is 3.90. The lowest BCUT2D eigenvalue weighted by atomic mass is 10.2. The Hall–Kier alpha value is -1.70. The van der Waals surface area contributed by atoms with Gasteiger partial charge in [-0.1, -0.05) is 24.4 Å². The average molecular weight is 397 g/mol. The minimum absolute atomic E-state index is 0.0936. The lowest BCUT2D eigenvalue weighted by Crippen LogP contribution is -2.51. The fraction of sp³-hybridized carbons (Fsp3) is 0.579. The summed E-state index contributed by atoms with van der Waals surface area (Å²) in [5, 5.41) is 6.02. The Morgan fingerprint density at radius 2 is 1.59 bits per heavy atom. The van der Waals surface area contributed by atoms with Crippen LogP contribution in [0, 0.1) is 5.82 Å². The number of hydrogen-bond donors (Lipinski definition) is 2. The largest absolute Gasteiger partial charge is 0.352 e. The topological polar surface area (TPSA) is 64.7 Å². The van der Waals surface area contributed by atoms with Gasteiger partial charge in [-0.25, -0.2) is 4.39 Å². The Morgan fingerprint density at radius 3 is 2.19 bits per heavy atom. The van der Waals surface area contributed by atoms with Crippen LogP contribution in [0.3, 0.4) is 0 Å². The Bertz CT molecular complexity index is 653. The molecule has 1 aromatic carbocycles. The van der Waals surface area contributed by atoms with Gasteiger partial charge in [0.1, 0.15) is 5.82 Å². The highest BCUT2D eigenvalue weighted by Crippen LogP contribution is 2.18. The molecule has 1 heterocycles. The third kappa shape index (κ3) is 6.45. The van der Waals surface area contributed by atoms with E-state index in [2.05, 4.69) is 15.5 Å². The molecule has 0 spiro atoms. The van der Waals surface area contributed by atoms with Crippen LogP contribution in [0.25, 0.3) is 0 Å². The highest BCUT2D eigenvalue weighted by Gasteiger charge is 2.22. The number of hydrogen-bond acceptors (Lipinski definition) is 4. The van der Waals surface area contributed by atoms with Gasteiger partial charge in [-0.05, 0) is 31.0 Å². The summed E-state index contributed by atoms with van der Waals surface area (Å²) >= 11 is 5.80. The molecule has 148 valence electrons. The molecule has 0 atom stereocenters. The summed E-state index contributed by atoms with van der Waals surface area (Å²) in [5.41, 5.74) is 0.354. The molecule has 0 unspecified atom stereocenters. The molecule has 1 saturated heterocycles. The second kappa shape index (κ2) is 9.48. The van der Waals surface area contributed by atoms with Gasteiger partial charge < -0.3 is 10.6 Å². The molecule has 1 saturated carbocycles. The number of benzene rings is 1. The number of carbonyl (C=O) groups is 2. The van der Waals surface area contributed by atoms with Crippen molar-refractivity contribution in [2.45, 2.75) is 31.7 Å². The van der Waals surface area contributed by atoms with Gasteiger partial charge >= 0.3 is 0 Å². The molecule has 0 radical (unpaired) electrons. The second-order valence-corrected chi connectivity index (χ2v) is 7.74. The maximum absolute atomic E-state index is 13.3. The summed E-state index contributed by atoms with van der Waals surface area (Å²) in [7, 11) is 0. The monoisotopic (exact) mass is 396 g/mol. The maximum Gasteiger partial charge on any atom is 0.238 e. The summed E-state index contributed by atoms with van der Waals surface area (Å²) in [6.07, 6.45) is 4.58. The Morgan fingerprint density at radius 1 is 1.00 bits per heavy atom. The van der Waals surface area contributed by atoms with Crippen molar-refractivity contribution in [2.24, 2.45) is 0 Å². The molecular weight excluding hydrogens is 371 g/mol. The predicted molar refractivity (Wildman–Crippen MR) is 103 cm³/mol. The number of anilines is 1. The number of nitrogens with zero attached hydrogens (tertiary/aromatic N) is 2. The van der Waals surface area contributed by atoms with E-state index in [0.29, 0.717) is 31.4 Å². The summed E-state index contributed by atoms with van der Waals surface area (Å²) < 4.78 is 13.3. The quantitative estimate of drug-likeness (QED) is 0.772. The van der Waals surface area contributed by atoms with E-state index in [0.717, 1.165) is 25.9 Å². The zero-order valence-electron chi connectivity index (χ0n) is 15.3. The van der Waals surface area contributed by atoms with Gasteiger partial charge in [0.15, 0.2) is 0 Å². The van der Waals surface area contributed by atoms with Crippen molar-refractivity contribution < 1.29 is 14.0 Å². The van der Waals surface area contributed by atoms with Crippen molar-refractivity contribution in [3.05, 3.63) is 29.0 Å². The van der Waals surface area contributed by atoms with Gasteiger partial charge in [0, 0.05) is 42.9 Å². The molecule has 2 N–H and O–H groups in total. The highest BCUT2D eigenvalue weighted by molar-refractivity contribution is 6.30. The average Bonchev–Trinajstić information content (AvgIpc) is 3.08. The summed E-state index contributed by atoms with van der Waals surface area (Å²) in [6.45, 7) is 3.57. The Labute approximate surface area is 164 Å². The normalized spacial score (nSPS) is 19.2. The zero-order valence-corrected chi connectivity index (χ0v) is 16.1. The van der Waals surface area contributed by atoms with Crippen LogP contribution in [0.4, 0.5) is 10.1 Å². The fourth-order valence-electron chi connectivity index (χ4n) is 3.68. The molecule has 0 bridgehead atoms.